The molecule has 0 spiro atoms. The molecule has 0 aliphatic carbocycles. The monoisotopic (exact) mass is 256 g/mol. The molecule has 2 rings (SSSR count). The van der Waals surface area contributed by atoms with Crippen molar-refractivity contribution in [3.05, 3.63) is 0 Å². The van der Waals surface area contributed by atoms with E-state index in [1.165, 1.54) is 0 Å². The van der Waals surface area contributed by atoms with Crippen LogP contribution in [0.4, 0.5) is 0 Å². The van der Waals surface area contributed by atoms with Crippen LogP contribution in [-0.2, 0) is 0 Å². The second-order valence-corrected chi connectivity index (χ2v) is 6.03. The van der Waals surface area contributed by atoms with Gasteiger partial charge in [-0.3, -0.25) is 4.90 Å². The lowest BCUT2D eigenvalue weighted by Gasteiger charge is -2.36. The summed E-state index contributed by atoms with van der Waals surface area (Å²) in [4.78, 5) is 4.79. The summed E-state index contributed by atoms with van der Waals surface area (Å²) in [6.07, 6.45) is 5.06. The van der Waals surface area contributed by atoms with Crippen LogP contribution in [0.3, 0.4) is 0 Å². The summed E-state index contributed by atoms with van der Waals surface area (Å²) in [6, 6.07) is 0.541. The van der Waals surface area contributed by atoms with Crippen LogP contribution in [0.15, 0.2) is 0 Å². The first-order valence-corrected chi connectivity index (χ1v) is 7.47. The lowest BCUT2D eigenvalue weighted by molar-refractivity contribution is 0.0377. The third-order valence-corrected chi connectivity index (χ3v) is 4.40. The summed E-state index contributed by atoms with van der Waals surface area (Å²) in [5.74, 6) is 0. The van der Waals surface area contributed by atoms with Crippen LogP contribution in [0.25, 0.3) is 0 Å². The number of rotatable bonds is 4. The molecule has 2 N–H and O–H groups in total. The Morgan fingerprint density at radius 2 is 1.72 bits per heavy atom. The SMILES string of the molecule is CC(CCN1CCCC(O)C1)N1CCCC(O)C1. The average Bonchev–Trinajstić information content (AvgIpc) is 2.36. The van der Waals surface area contributed by atoms with Gasteiger partial charge in [0.2, 0.25) is 0 Å². The quantitative estimate of drug-likeness (QED) is 0.776. The topological polar surface area (TPSA) is 46.9 Å². The van der Waals surface area contributed by atoms with Crippen LogP contribution >= 0.6 is 0 Å². The maximum absolute atomic E-state index is 9.69. The minimum Gasteiger partial charge on any atom is -0.392 e. The molecule has 106 valence electrons. The Hall–Kier alpha value is -0.160. The van der Waals surface area contributed by atoms with Crippen molar-refractivity contribution in [2.45, 2.75) is 57.3 Å². The first-order chi connectivity index (χ1) is 8.65. The van der Waals surface area contributed by atoms with Gasteiger partial charge in [-0.05, 0) is 58.7 Å². The van der Waals surface area contributed by atoms with Gasteiger partial charge in [0.1, 0.15) is 0 Å². The van der Waals surface area contributed by atoms with E-state index in [0.717, 1.165) is 64.8 Å². The Morgan fingerprint density at radius 3 is 2.39 bits per heavy atom. The molecular formula is C14H28N2O2. The van der Waals surface area contributed by atoms with Crippen molar-refractivity contribution < 1.29 is 10.2 Å². The Kier molecular flexibility index (Phi) is 5.42. The number of aliphatic hydroxyl groups excluding tert-OH is 2. The molecule has 0 radical (unpaired) electrons. The highest BCUT2D eigenvalue weighted by atomic mass is 16.3. The second-order valence-electron chi connectivity index (χ2n) is 6.03. The molecule has 0 bridgehead atoms. The maximum atomic E-state index is 9.69. The first kappa shape index (κ1) is 14.3. The third kappa shape index (κ3) is 4.19. The number of hydrogen-bond acceptors (Lipinski definition) is 4. The van der Waals surface area contributed by atoms with Crippen LogP contribution in [0.5, 0.6) is 0 Å². The van der Waals surface area contributed by atoms with Gasteiger partial charge in [-0.1, -0.05) is 0 Å². The number of hydrogen-bond donors (Lipinski definition) is 2. The number of likely N-dealkylation sites (tertiary alicyclic amines) is 2. The van der Waals surface area contributed by atoms with Crippen LogP contribution < -0.4 is 0 Å². The average molecular weight is 256 g/mol. The Bertz CT molecular complexity index is 250. The molecule has 4 heteroatoms. The van der Waals surface area contributed by atoms with Gasteiger partial charge in [0.25, 0.3) is 0 Å². The molecule has 0 aromatic carbocycles. The van der Waals surface area contributed by atoms with Gasteiger partial charge < -0.3 is 15.1 Å². The van der Waals surface area contributed by atoms with Crippen molar-refractivity contribution in [1.82, 2.24) is 9.80 Å². The highest BCUT2D eigenvalue weighted by Crippen LogP contribution is 2.16. The van der Waals surface area contributed by atoms with Crippen LogP contribution in [0.2, 0.25) is 0 Å². The smallest absolute Gasteiger partial charge is 0.0667 e. The zero-order chi connectivity index (χ0) is 13.0. The van der Waals surface area contributed by atoms with Crippen LogP contribution in [0, 0.1) is 0 Å². The summed E-state index contributed by atoms with van der Waals surface area (Å²) < 4.78 is 0. The van der Waals surface area contributed by atoms with Crippen molar-refractivity contribution in [2.24, 2.45) is 0 Å². The first-order valence-electron chi connectivity index (χ1n) is 7.47. The van der Waals surface area contributed by atoms with Gasteiger partial charge >= 0.3 is 0 Å². The van der Waals surface area contributed by atoms with E-state index in [0.29, 0.717) is 6.04 Å². The molecule has 3 atom stereocenters. The zero-order valence-corrected chi connectivity index (χ0v) is 11.6. The molecule has 0 saturated carbocycles. The fourth-order valence-corrected chi connectivity index (χ4v) is 3.17. The fourth-order valence-electron chi connectivity index (χ4n) is 3.17. The summed E-state index contributed by atoms with van der Waals surface area (Å²) >= 11 is 0. The summed E-state index contributed by atoms with van der Waals surface area (Å²) in [5, 5.41) is 19.3. The lowest BCUT2D eigenvalue weighted by Crippen LogP contribution is -2.45. The molecule has 4 nitrogen and oxygen atoms in total. The standard InChI is InChI=1S/C14H28N2O2/c1-12(16-8-3-5-14(18)11-16)6-9-15-7-2-4-13(17)10-15/h12-14,17-18H,2-11H2,1H3. The predicted octanol–water partition coefficient (Wildman–Crippen LogP) is 0.678. The summed E-state index contributed by atoms with van der Waals surface area (Å²) in [6.45, 7) is 7.27. The Balaban J connectivity index is 1.68. The predicted molar refractivity (Wildman–Crippen MR) is 72.6 cm³/mol. The van der Waals surface area contributed by atoms with Gasteiger partial charge in [0.15, 0.2) is 0 Å². The van der Waals surface area contributed by atoms with E-state index < -0.39 is 0 Å². The summed E-state index contributed by atoms with van der Waals surface area (Å²) in [5.41, 5.74) is 0. The molecule has 0 aromatic rings. The highest BCUT2D eigenvalue weighted by Gasteiger charge is 2.23. The number of β-amino-alcohol motifs (C(OH)–C–C–N with tert-alkyl or cyclic N) is 2. The van der Waals surface area contributed by atoms with Crippen molar-refractivity contribution in [2.75, 3.05) is 32.7 Å². The molecule has 18 heavy (non-hydrogen) atoms. The van der Waals surface area contributed by atoms with Gasteiger partial charge in [-0.2, -0.15) is 0 Å². The molecular weight excluding hydrogens is 228 g/mol. The van der Waals surface area contributed by atoms with Gasteiger partial charge in [-0.25, -0.2) is 0 Å². The summed E-state index contributed by atoms with van der Waals surface area (Å²) in [7, 11) is 0. The van der Waals surface area contributed by atoms with E-state index in [4.69, 9.17) is 0 Å². The normalized spacial score (nSPS) is 33.5. The van der Waals surface area contributed by atoms with E-state index in [2.05, 4.69) is 16.7 Å². The molecule has 3 unspecified atom stereocenters. The molecule has 0 aromatic heterocycles. The van der Waals surface area contributed by atoms with E-state index in [1.54, 1.807) is 0 Å². The van der Waals surface area contributed by atoms with Crippen molar-refractivity contribution in [3.63, 3.8) is 0 Å². The van der Waals surface area contributed by atoms with Crippen molar-refractivity contribution in [1.29, 1.82) is 0 Å². The Labute approximate surface area is 111 Å². The number of nitrogens with zero attached hydrogens (tertiary/aromatic N) is 2. The molecule has 0 amide bonds. The fraction of sp³-hybridized carbons (Fsp3) is 1.00. The van der Waals surface area contributed by atoms with Gasteiger partial charge in [0, 0.05) is 19.1 Å². The van der Waals surface area contributed by atoms with E-state index in [1.807, 2.05) is 0 Å². The lowest BCUT2D eigenvalue weighted by atomic mass is 10.0. The molecule has 2 fully saturated rings. The minimum absolute atomic E-state index is 0.120. The van der Waals surface area contributed by atoms with Gasteiger partial charge in [0.05, 0.1) is 12.2 Å². The molecule has 2 saturated heterocycles. The second kappa shape index (κ2) is 6.85. The molecule has 2 heterocycles. The van der Waals surface area contributed by atoms with Crippen LogP contribution in [0.1, 0.15) is 39.0 Å². The largest absolute Gasteiger partial charge is 0.392 e. The third-order valence-electron chi connectivity index (χ3n) is 4.40. The molecule has 2 aliphatic heterocycles. The number of piperidine rings is 2. The molecule has 2 aliphatic rings. The minimum atomic E-state index is -0.127. The Morgan fingerprint density at radius 1 is 1.06 bits per heavy atom. The van der Waals surface area contributed by atoms with E-state index >= 15 is 0 Å². The number of aliphatic hydroxyl groups is 2. The van der Waals surface area contributed by atoms with Crippen molar-refractivity contribution in [3.8, 4) is 0 Å². The maximum Gasteiger partial charge on any atom is 0.0667 e. The van der Waals surface area contributed by atoms with Gasteiger partial charge in [-0.15, -0.1) is 0 Å². The van der Waals surface area contributed by atoms with Crippen LogP contribution in [-0.4, -0.2) is 71.0 Å². The highest BCUT2D eigenvalue weighted by molar-refractivity contribution is 4.78. The zero-order valence-electron chi connectivity index (χ0n) is 11.6. The van der Waals surface area contributed by atoms with Crippen molar-refractivity contribution >= 4 is 0 Å². The van der Waals surface area contributed by atoms with E-state index in [9.17, 15) is 10.2 Å². The van der Waals surface area contributed by atoms with E-state index in [-0.39, 0.29) is 12.2 Å².